The van der Waals surface area contributed by atoms with Gasteiger partial charge >= 0.3 is 0 Å². The first kappa shape index (κ1) is 26.2. The zero-order valence-electron chi connectivity index (χ0n) is 19.9. The molecule has 0 heterocycles. The molecule has 0 spiro atoms. The van der Waals surface area contributed by atoms with Gasteiger partial charge in [0.1, 0.15) is 5.75 Å². The Labute approximate surface area is 198 Å². The molecular weight excluding hydrogens is 414 g/mol. The SMILES string of the molecule is CCCCCCCCCCCC(=O)Nc1cccc(C(=O)NCCNc2cccc(O)c2)c1. The topological polar surface area (TPSA) is 90.5 Å². The van der Waals surface area contributed by atoms with Crippen molar-refractivity contribution < 1.29 is 14.7 Å². The van der Waals surface area contributed by atoms with E-state index in [0.29, 0.717) is 30.8 Å². The van der Waals surface area contributed by atoms with E-state index in [1.54, 1.807) is 42.5 Å². The second-order valence-electron chi connectivity index (χ2n) is 8.44. The van der Waals surface area contributed by atoms with Gasteiger partial charge in [-0.25, -0.2) is 0 Å². The smallest absolute Gasteiger partial charge is 0.251 e. The summed E-state index contributed by atoms with van der Waals surface area (Å²) in [4.78, 5) is 24.6. The molecule has 4 N–H and O–H groups in total. The second kappa shape index (κ2) is 15.7. The molecule has 180 valence electrons. The maximum Gasteiger partial charge on any atom is 0.251 e. The number of unbranched alkanes of at least 4 members (excludes halogenated alkanes) is 8. The molecule has 0 bridgehead atoms. The number of phenolic OH excluding ortho intramolecular Hbond substituents is 1. The van der Waals surface area contributed by atoms with Crippen LogP contribution in [-0.4, -0.2) is 30.0 Å². The minimum atomic E-state index is -0.192. The first-order valence-corrected chi connectivity index (χ1v) is 12.3. The van der Waals surface area contributed by atoms with E-state index in [2.05, 4.69) is 22.9 Å². The number of benzene rings is 2. The quantitative estimate of drug-likeness (QED) is 0.231. The number of hydrogen-bond donors (Lipinski definition) is 4. The Hall–Kier alpha value is -3.02. The standard InChI is InChI=1S/C27H39N3O3/c1-2-3-4-5-6-7-8-9-10-17-26(32)30-24-15-11-13-22(20-24)27(33)29-19-18-28-23-14-12-16-25(31)21-23/h11-16,20-21,28,31H,2-10,17-19H2,1H3,(H,29,33)(H,30,32). The highest BCUT2D eigenvalue weighted by atomic mass is 16.3. The van der Waals surface area contributed by atoms with Gasteiger partial charge in [0.05, 0.1) is 0 Å². The maximum atomic E-state index is 12.4. The molecule has 2 aromatic rings. The van der Waals surface area contributed by atoms with Crippen LogP contribution < -0.4 is 16.0 Å². The fourth-order valence-electron chi connectivity index (χ4n) is 3.66. The fraction of sp³-hybridized carbons (Fsp3) is 0.481. The number of amides is 2. The molecule has 2 amide bonds. The summed E-state index contributed by atoms with van der Waals surface area (Å²) in [7, 11) is 0. The van der Waals surface area contributed by atoms with Crippen LogP contribution in [0.3, 0.4) is 0 Å². The molecule has 33 heavy (non-hydrogen) atoms. The van der Waals surface area contributed by atoms with E-state index in [4.69, 9.17) is 0 Å². The van der Waals surface area contributed by atoms with E-state index >= 15 is 0 Å². The number of carbonyl (C=O) groups is 2. The Morgan fingerprint density at radius 1 is 0.788 bits per heavy atom. The van der Waals surface area contributed by atoms with Crippen LogP contribution in [0.5, 0.6) is 5.75 Å². The number of aromatic hydroxyl groups is 1. The van der Waals surface area contributed by atoms with Crippen molar-refractivity contribution in [1.29, 1.82) is 0 Å². The Bertz CT molecular complexity index is 854. The van der Waals surface area contributed by atoms with Gasteiger partial charge in [0.25, 0.3) is 5.91 Å². The second-order valence-corrected chi connectivity index (χ2v) is 8.44. The summed E-state index contributed by atoms with van der Waals surface area (Å²) in [6.45, 7) is 3.20. The molecule has 0 unspecified atom stereocenters. The number of rotatable bonds is 16. The van der Waals surface area contributed by atoms with Crippen molar-refractivity contribution in [3.8, 4) is 5.75 Å². The highest BCUT2D eigenvalue weighted by Crippen LogP contribution is 2.15. The van der Waals surface area contributed by atoms with Gasteiger partial charge in [0.2, 0.25) is 5.91 Å². The van der Waals surface area contributed by atoms with Crippen molar-refractivity contribution in [2.75, 3.05) is 23.7 Å². The van der Waals surface area contributed by atoms with Gasteiger partial charge in [-0.3, -0.25) is 9.59 Å². The summed E-state index contributed by atoms with van der Waals surface area (Å²) in [5.74, 6) is -0.00531. The first-order chi connectivity index (χ1) is 16.1. The van der Waals surface area contributed by atoms with E-state index in [1.807, 2.05) is 6.07 Å². The fourth-order valence-corrected chi connectivity index (χ4v) is 3.66. The monoisotopic (exact) mass is 453 g/mol. The number of hydrogen-bond acceptors (Lipinski definition) is 4. The van der Waals surface area contributed by atoms with Gasteiger partial charge in [-0.15, -0.1) is 0 Å². The Balaban J connectivity index is 1.62. The van der Waals surface area contributed by atoms with E-state index in [9.17, 15) is 14.7 Å². The minimum Gasteiger partial charge on any atom is -0.508 e. The minimum absolute atomic E-state index is 0.00850. The van der Waals surface area contributed by atoms with Crippen molar-refractivity contribution in [2.24, 2.45) is 0 Å². The van der Waals surface area contributed by atoms with Gasteiger partial charge in [0, 0.05) is 42.5 Å². The van der Waals surface area contributed by atoms with Gasteiger partial charge in [-0.1, -0.05) is 70.4 Å². The summed E-state index contributed by atoms with van der Waals surface area (Å²) in [6, 6.07) is 13.8. The third-order valence-corrected chi connectivity index (χ3v) is 5.50. The molecule has 0 atom stereocenters. The average Bonchev–Trinajstić information content (AvgIpc) is 2.81. The number of phenols is 1. The molecule has 0 radical (unpaired) electrons. The van der Waals surface area contributed by atoms with Crippen LogP contribution >= 0.6 is 0 Å². The largest absolute Gasteiger partial charge is 0.508 e. The molecule has 0 aliphatic carbocycles. The highest BCUT2D eigenvalue weighted by molar-refractivity contribution is 5.97. The maximum absolute atomic E-state index is 12.4. The summed E-state index contributed by atoms with van der Waals surface area (Å²) in [5.41, 5.74) is 1.94. The normalized spacial score (nSPS) is 10.6. The lowest BCUT2D eigenvalue weighted by Crippen LogP contribution is -2.28. The zero-order valence-corrected chi connectivity index (χ0v) is 19.9. The third-order valence-electron chi connectivity index (χ3n) is 5.50. The Morgan fingerprint density at radius 3 is 2.18 bits per heavy atom. The molecule has 2 aromatic carbocycles. The molecule has 0 fully saturated rings. The van der Waals surface area contributed by atoms with Crippen LogP contribution in [0.4, 0.5) is 11.4 Å². The Morgan fingerprint density at radius 2 is 1.45 bits per heavy atom. The predicted octanol–water partition coefficient (Wildman–Crippen LogP) is 6.09. The predicted molar refractivity (Wildman–Crippen MR) is 136 cm³/mol. The van der Waals surface area contributed by atoms with Crippen LogP contribution in [0, 0.1) is 0 Å². The van der Waals surface area contributed by atoms with Gasteiger partial charge in [0.15, 0.2) is 0 Å². The number of nitrogens with one attached hydrogen (secondary N) is 3. The lowest BCUT2D eigenvalue weighted by atomic mass is 10.1. The van der Waals surface area contributed by atoms with Crippen molar-refractivity contribution in [3.05, 3.63) is 54.1 Å². The number of carbonyl (C=O) groups excluding carboxylic acids is 2. The molecule has 6 nitrogen and oxygen atoms in total. The van der Waals surface area contributed by atoms with E-state index in [0.717, 1.165) is 18.5 Å². The van der Waals surface area contributed by atoms with E-state index in [1.165, 1.54) is 44.9 Å². The molecule has 6 heteroatoms. The number of anilines is 2. The molecule has 0 saturated heterocycles. The molecule has 2 rings (SSSR count). The molecular formula is C27H39N3O3. The van der Waals surface area contributed by atoms with Crippen molar-refractivity contribution in [3.63, 3.8) is 0 Å². The van der Waals surface area contributed by atoms with Crippen LogP contribution in [0.1, 0.15) is 81.5 Å². The molecule has 0 aliphatic heterocycles. The average molecular weight is 454 g/mol. The van der Waals surface area contributed by atoms with Crippen molar-refractivity contribution >= 4 is 23.2 Å². The summed E-state index contributed by atoms with van der Waals surface area (Å²) < 4.78 is 0. The third kappa shape index (κ3) is 11.4. The summed E-state index contributed by atoms with van der Waals surface area (Å²) >= 11 is 0. The summed E-state index contributed by atoms with van der Waals surface area (Å²) in [6.07, 6.45) is 11.5. The Kier molecular flexibility index (Phi) is 12.5. The highest BCUT2D eigenvalue weighted by Gasteiger charge is 2.08. The van der Waals surface area contributed by atoms with Crippen LogP contribution in [0.2, 0.25) is 0 Å². The van der Waals surface area contributed by atoms with Gasteiger partial charge < -0.3 is 21.1 Å². The first-order valence-electron chi connectivity index (χ1n) is 12.3. The van der Waals surface area contributed by atoms with E-state index in [-0.39, 0.29) is 17.6 Å². The molecule has 0 saturated carbocycles. The van der Waals surface area contributed by atoms with E-state index < -0.39 is 0 Å². The molecule has 0 aromatic heterocycles. The van der Waals surface area contributed by atoms with Gasteiger partial charge in [-0.2, -0.15) is 0 Å². The summed E-state index contributed by atoms with van der Waals surface area (Å²) in [5, 5.41) is 18.4. The zero-order chi connectivity index (χ0) is 23.7. The molecule has 0 aliphatic rings. The lowest BCUT2D eigenvalue weighted by Gasteiger charge is -2.10. The van der Waals surface area contributed by atoms with Crippen molar-refractivity contribution in [1.82, 2.24) is 5.32 Å². The van der Waals surface area contributed by atoms with Crippen LogP contribution in [-0.2, 0) is 4.79 Å². The van der Waals surface area contributed by atoms with Gasteiger partial charge in [-0.05, 0) is 36.8 Å². The lowest BCUT2D eigenvalue weighted by molar-refractivity contribution is -0.116. The van der Waals surface area contributed by atoms with Crippen LogP contribution in [0.25, 0.3) is 0 Å². The van der Waals surface area contributed by atoms with Crippen molar-refractivity contribution in [2.45, 2.75) is 71.1 Å². The van der Waals surface area contributed by atoms with Crippen LogP contribution in [0.15, 0.2) is 48.5 Å².